The van der Waals surface area contributed by atoms with E-state index in [4.69, 9.17) is 16.3 Å². The molecule has 7 nitrogen and oxygen atoms in total. The Morgan fingerprint density at radius 3 is 2.50 bits per heavy atom. The summed E-state index contributed by atoms with van der Waals surface area (Å²) < 4.78 is 6.52. The molecule has 0 fully saturated rings. The van der Waals surface area contributed by atoms with E-state index in [0.717, 1.165) is 22.6 Å². The van der Waals surface area contributed by atoms with Crippen LogP contribution >= 0.6 is 22.9 Å². The van der Waals surface area contributed by atoms with Crippen LogP contribution in [0, 0.1) is 13.8 Å². The number of H-pyrrole nitrogens is 1. The summed E-state index contributed by atoms with van der Waals surface area (Å²) in [4.78, 5) is 30.7. The summed E-state index contributed by atoms with van der Waals surface area (Å²) in [5, 5.41) is 7.00. The maximum atomic E-state index is 13.1. The average molecular weight is 469 g/mol. The molecule has 0 saturated carbocycles. The molecule has 0 spiro atoms. The first-order valence-electron chi connectivity index (χ1n) is 9.84. The minimum Gasteiger partial charge on any atom is -0.497 e. The van der Waals surface area contributed by atoms with Crippen molar-refractivity contribution in [2.24, 2.45) is 0 Å². The van der Waals surface area contributed by atoms with Crippen molar-refractivity contribution in [3.63, 3.8) is 0 Å². The third-order valence-corrected chi connectivity index (χ3v) is 6.41. The molecule has 0 aliphatic rings. The van der Waals surface area contributed by atoms with Crippen LogP contribution in [-0.4, -0.2) is 27.8 Å². The van der Waals surface area contributed by atoms with Crippen LogP contribution in [0.25, 0.3) is 5.13 Å². The second-order valence-electron chi connectivity index (χ2n) is 7.25. The van der Waals surface area contributed by atoms with Crippen molar-refractivity contribution >= 4 is 34.5 Å². The second kappa shape index (κ2) is 9.02. The number of methoxy groups -OCH3 is 1. The monoisotopic (exact) mass is 468 g/mol. The van der Waals surface area contributed by atoms with E-state index in [2.05, 4.69) is 15.4 Å². The number of benzene rings is 2. The number of hydrogen-bond acceptors (Lipinski definition) is 5. The van der Waals surface area contributed by atoms with Gasteiger partial charge in [-0.1, -0.05) is 35.1 Å². The minimum atomic E-state index is -0.283. The van der Waals surface area contributed by atoms with Crippen LogP contribution in [0.1, 0.15) is 32.2 Å². The molecule has 32 heavy (non-hydrogen) atoms. The van der Waals surface area contributed by atoms with E-state index in [1.807, 2.05) is 19.1 Å². The largest absolute Gasteiger partial charge is 0.497 e. The van der Waals surface area contributed by atoms with Crippen molar-refractivity contribution in [1.82, 2.24) is 14.8 Å². The van der Waals surface area contributed by atoms with E-state index in [1.54, 1.807) is 50.4 Å². The Morgan fingerprint density at radius 2 is 1.84 bits per heavy atom. The summed E-state index contributed by atoms with van der Waals surface area (Å²) in [5.41, 5.74) is 3.38. The Morgan fingerprint density at radius 1 is 1.16 bits per heavy atom. The summed E-state index contributed by atoms with van der Waals surface area (Å²) in [6, 6.07) is 14.5. The zero-order valence-corrected chi connectivity index (χ0v) is 19.3. The van der Waals surface area contributed by atoms with Gasteiger partial charge in [0, 0.05) is 28.4 Å². The molecule has 0 aliphatic carbocycles. The zero-order valence-electron chi connectivity index (χ0n) is 17.7. The lowest BCUT2D eigenvalue weighted by Gasteiger charge is -2.05. The van der Waals surface area contributed by atoms with Crippen molar-refractivity contribution in [3.05, 3.63) is 91.3 Å². The molecule has 0 bridgehead atoms. The molecule has 0 saturated heterocycles. The van der Waals surface area contributed by atoms with Crippen LogP contribution in [0.3, 0.4) is 0 Å². The lowest BCUT2D eigenvalue weighted by molar-refractivity contribution is 0.103. The molecule has 0 aliphatic heterocycles. The first kappa shape index (κ1) is 21.9. The number of halogens is 1. The molecule has 4 aromatic rings. The number of aromatic nitrogens is 3. The second-order valence-corrected chi connectivity index (χ2v) is 8.67. The highest BCUT2D eigenvalue weighted by atomic mass is 35.5. The molecule has 0 unspecified atom stereocenters. The number of carbonyl (C=O) groups is 1. The van der Waals surface area contributed by atoms with E-state index in [-0.39, 0.29) is 11.5 Å². The highest BCUT2D eigenvalue weighted by molar-refractivity contribution is 7.16. The van der Waals surface area contributed by atoms with Gasteiger partial charge in [0.2, 0.25) is 5.13 Å². The Balaban J connectivity index is 1.58. The Bertz CT molecular complexity index is 1320. The molecular formula is C23H21ClN4O3S. The summed E-state index contributed by atoms with van der Waals surface area (Å²) >= 11 is 7.11. The van der Waals surface area contributed by atoms with Gasteiger partial charge < -0.3 is 10.1 Å². The van der Waals surface area contributed by atoms with Gasteiger partial charge in [-0.2, -0.15) is 4.68 Å². The number of nitrogens with zero attached hydrogens (tertiary/aromatic N) is 2. The average Bonchev–Trinajstić information content (AvgIpc) is 3.30. The number of aryl methyl sites for hydroxylation is 2. The normalized spacial score (nSPS) is 10.9. The highest BCUT2D eigenvalue weighted by Crippen LogP contribution is 2.23. The molecule has 9 heteroatoms. The summed E-state index contributed by atoms with van der Waals surface area (Å²) in [7, 11) is 1.58. The Labute approximate surface area is 193 Å². The number of aromatic amines is 1. The standard InChI is InChI=1S/C23H21ClN4O3S/c1-13-19(12-15-4-6-16(24)7-5-15)22(30)28(27-13)23-25-14(2)20(32-23)21(29)26-17-8-10-18(31-3)11-9-17/h4-11,27H,12H2,1-3H3,(H,26,29). The van der Waals surface area contributed by atoms with Gasteiger partial charge in [-0.05, 0) is 55.8 Å². The number of hydrogen-bond donors (Lipinski definition) is 2. The van der Waals surface area contributed by atoms with Crippen molar-refractivity contribution in [1.29, 1.82) is 0 Å². The molecular weight excluding hydrogens is 448 g/mol. The molecule has 1 amide bonds. The van der Waals surface area contributed by atoms with Crippen LogP contribution in [0.5, 0.6) is 5.75 Å². The maximum Gasteiger partial charge on any atom is 0.277 e. The van der Waals surface area contributed by atoms with E-state index in [1.165, 1.54) is 4.68 Å². The molecule has 2 N–H and O–H groups in total. The van der Waals surface area contributed by atoms with Crippen LogP contribution in [0.4, 0.5) is 5.69 Å². The quantitative estimate of drug-likeness (QED) is 0.427. The van der Waals surface area contributed by atoms with Crippen molar-refractivity contribution in [2.75, 3.05) is 12.4 Å². The first-order chi connectivity index (χ1) is 15.4. The van der Waals surface area contributed by atoms with E-state index in [0.29, 0.717) is 44.1 Å². The minimum absolute atomic E-state index is 0.187. The van der Waals surface area contributed by atoms with Crippen LogP contribution in [0.2, 0.25) is 5.02 Å². The van der Waals surface area contributed by atoms with Gasteiger partial charge in [0.1, 0.15) is 10.6 Å². The van der Waals surface area contributed by atoms with Gasteiger partial charge in [-0.15, -0.1) is 0 Å². The van der Waals surface area contributed by atoms with Crippen molar-refractivity contribution in [2.45, 2.75) is 20.3 Å². The SMILES string of the molecule is COc1ccc(NC(=O)c2sc(-n3[nH]c(C)c(Cc4ccc(Cl)cc4)c3=O)nc2C)cc1. The third kappa shape index (κ3) is 4.46. The fraction of sp³-hybridized carbons (Fsp3) is 0.174. The van der Waals surface area contributed by atoms with Crippen LogP contribution in [-0.2, 0) is 6.42 Å². The number of amides is 1. The van der Waals surface area contributed by atoms with Gasteiger partial charge in [0.25, 0.3) is 11.5 Å². The number of ether oxygens (including phenoxy) is 1. The number of thiazole rings is 1. The lowest BCUT2D eigenvalue weighted by Crippen LogP contribution is -2.17. The van der Waals surface area contributed by atoms with Crippen molar-refractivity contribution in [3.8, 4) is 10.9 Å². The summed E-state index contributed by atoms with van der Waals surface area (Å²) in [5.74, 6) is 0.421. The first-order valence-corrected chi connectivity index (χ1v) is 11.0. The predicted octanol–water partition coefficient (Wildman–Crippen LogP) is 4.74. The fourth-order valence-electron chi connectivity index (χ4n) is 3.28. The molecule has 2 heterocycles. The van der Waals surface area contributed by atoms with Gasteiger partial charge in [0.15, 0.2) is 0 Å². The Hall–Kier alpha value is -3.36. The molecule has 2 aromatic heterocycles. The molecule has 0 atom stereocenters. The number of anilines is 1. The van der Waals surface area contributed by atoms with Crippen LogP contribution in [0.15, 0.2) is 53.3 Å². The topological polar surface area (TPSA) is 89.0 Å². The summed E-state index contributed by atoms with van der Waals surface area (Å²) in [6.07, 6.45) is 0.473. The van der Waals surface area contributed by atoms with Gasteiger partial charge in [0.05, 0.1) is 12.8 Å². The van der Waals surface area contributed by atoms with Crippen molar-refractivity contribution < 1.29 is 9.53 Å². The third-order valence-electron chi connectivity index (χ3n) is 5.02. The summed E-state index contributed by atoms with van der Waals surface area (Å²) in [6.45, 7) is 3.60. The van der Waals surface area contributed by atoms with Gasteiger partial charge >= 0.3 is 0 Å². The molecule has 2 aromatic carbocycles. The predicted molar refractivity (Wildman–Crippen MR) is 127 cm³/mol. The molecule has 0 radical (unpaired) electrons. The van der Waals surface area contributed by atoms with Crippen LogP contribution < -0.4 is 15.6 Å². The zero-order chi connectivity index (χ0) is 22.8. The number of nitrogens with one attached hydrogen (secondary N) is 2. The highest BCUT2D eigenvalue weighted by Gasteiger charge is 2.20. The number of rotatable bonds is 6. The maximum absolute atomic E-state index is 13.1. The van der Waals surface area contributed by atoms with Gasteiger partial charge in [-0.25, -0.2) is 4.98 Å². The fourth-order valence-corrected chi connectivity index (χ4v) is 4.33. The lowest BCUT2D eigenvalue weighted by atomic mass is 10.1. The van der Waals surface area contributed by atoms with E-state index >= 15 is 0 Å². The van der Waals surface area contributed by atoms with Gasteiger partial charge in [-0.3, -0.25) is 14.7 Å². The molecule has 164 valence electrons. The molecule has 4 rings (SSSR count). The van der Waals surface area contributed by atoms with E-state index < -0.39 is 0 Å². The van der Waals surface area contributed by atoms with E-state index in [9.17, 15) is 9.59 Å². The smallest absolute Gasteiger partial charge is 0.277 e. The Kier molecular flexibility index (Phi) is 6.16. The number of carbonyl (C=O) groups excluding carboxylic acids is 1.